The van der Waals surface area contributed by atoms with E-state index in [9.17, 15) is 0 Å². The van der Waals surface area contributed by atoms with Crippen LogP contribution < -0.4 is 5.32 Å². The van der Waals surface area contributed by atoms with Crippen molar-refractivity contribution in [2.45, 2.75) is 32.4 Å². The quantitative estimate of drug-likeness (QED) is 0.841. The topological polar surface area (TPSA) is 48.3 Å². The minimum absolute atomic E-state index is 0.284. The second-order valence-corrected chi connectivity index (χ2v) is 5.02. The number of methoxy groups -OCH3 is 1. The summed E-state index contributed by atoms with van der Waals surface area (Å²) in [6, 6.07) is 0.662. The second-order valence-electron chi connectivity index (χ2n) is 5.02. The third kappa shape index (κ3) is 3.03. The van der Waals surface area contributed by atoms with Gasteiger partial charge < -0.3 is 19.4 Å². The van der Waals surface area contributed by atoms with Crippen molar-refractivity contribution in [3.8, 4) is 0 Å². The molecule has 102 valence electrons. The van der Waals surface area contributed by atoms with Crippen LogP contribution in [0.3, 0.4) is 0 Å². The van der Waals surface area contributed by atoms with Crippen molar-refractivity contribution >= 4 is 5.95 Å². The van der Waals surface area contributed by atoms with E-state index in [-0.39, 0.29) is 6.04 Å². The van der Waals surface area contributed by atoms with Crippen LogP contribution >= 0.6 is 0 Å². The van der Waals surface area contributed by atoms with Crippen molar-refractivity contribution < 1.29 is 9.47 Å². The third-order valence-corrected chi connectivity index (χ3v) is 3.58. The van der Waals surface area contributed by atoms with Crippen LogP contribution in [-0.4, -0.2) is 42.5 Å². The highest BCUT2D eigenvalue weighted by molar-refractivity contribution is 5.28. The number of nitrogens with one attached hydrogen (secondary N) is 1. The first kappa shape index (κ1) is 13.4. The average Bonchev–Trinajstić information content (AvgIpc) is 2.99. The zero-order valence-electron chi connectivity index (χ0n) is 11.4. The Bertz CT molecular complexity index is 361. The minimum Gasteiger partial charge on any atom is -0.383 e. The number of rotatable bonds is 6. The maximum Gasteiger partial charge on any atom is 0.203 e. The van der Waals surface area contributed by atoms with Crippen LogP contribution in [-0.2, 0) is 9.47 Å². The molecule has 3 unspecified atom stereocenters. The molecule has 3 atom stereocenters. The molecule has 5 nitrogen and oxygen atoms in total. The molecule has 1 aliphatic rings. The van der Waals surface area contributed by atoms with Gasteiger partial charge in [-0.05, 0) is 20.3 Å². The predicted octanol–water partition coefficient (Wildman–Crippen LogP) is 1.93. The highest BCUT2D eigenvalue weighted by Gasteiger charge is 2.23. The Kier molecular flexibility index (Phi) is 4.60. The lowest BCUT2D eigenvalue weighted by atomic mass is 10.0. The van der Waals surface area contributed by atoms with Gasteiger partial charge in [0.05, 0.1) is 19.3 Å². The summed E-state index contributed by atoms with van der Waals surface area (Å²) in [5.74, 6) is 1.49. The van der Waals surface area contributed by atoms with Crippen LogP contribution in [0.4, 0.5) is 5.95 Å². The van der Waals surface area contributed by atoms with E-state index in [1.807, 2.05) is 12.4 Å². The summed E-state index contributed by atoms with van der Waals surface area (Å²) in [7, 11) is 1.72. The largest absolute Gasteiger partial charge is 0.383 e. The van der Waals surface area contributed by atoms with Gasteiger partial charge in [-0.3, -0.25) is 0 Å². The molecule has 1 aromatic heterocycles. The standard InChI is InChI=1S/C13H23N3O2/c1-10(8-17-3)16-6-5-14-13(16)15-11(2)12-4-7-18-9-12/h5-6,10-12H,4,7-9H2,1-3H3,(H,14,15). The summed E-state index contributed by atoms with van der Waals surface area (Å²) in [5.41, 5.74) is 0. The molecule has 0 radical (unpaired) electrons. The Morgan fingerprint density at radius 1 is 1.61 bits per heavy atom. The van der Waals surface area contributed by atoms with Crippen molar-refractivity contribution in [3.63, 3.8) is 0 Å². The molecule has 5 heteroatoms. The van der Waals surface area contributed by atoms with Crippen LogP contribution in [0.2, 0.25) is 0 Å². The number of aromatic nitrogens is 2. The third-order valence-electron chi connectivity index (χ3n) is 3.58. The van der Waals surface area contributed by atoms with Crippen molar-refractivity contribution in [3.05, 3.63) is 12.4 Å². The van der Waals surface area contributed by atoms with Gasteiger partial charge in [0.1, 0.15) is 0 Å². The number of nitrogens with zero attached hydrogens (tertiary/aromatic N) is 2. The molecule has 0 bridgehead atoms. The maximum absolute atomic E-state index is 5.43. The van der Waals surface area contributed by atoms with E-state index in [4.69, 9.17) is 9.47 Å². The SMILES string of the molecule is COCC(C)n1ccnc1NC(C)C1CCOC1. The zero-order valence-corrected chi connectivity index (χ0v) is 11.4. The van der Waals surface area contributed by atoms with Crippen LogP contribution in [0.25, 0.3) is 0 Å². The van der Waals surface area contributed by atoms with Gasteiger partial charge in [0.15, 0.2) is 0 Å². The van der Waals surface area contributed by atoms with E-state index in [0.717, 1.165) is 25.6 Å². The van der Waals surface area contributed by atoms with Crippen LogP contribution in [0.5, 0.6) is 0 Å². The molecule has 0 aliphatic carbocycles. The molecule has 0 amide bonds. The predicted molar refractivity (Wildman–Crippen MR) is 70.8 cm³/mol. The number of ether oxygens (including phenoxy) is 2. The molecular formula is C13H23N3O2. The fourth-order valence-electron chi connectivity index (χ4n) is 2.37. The molecular weight excluding hydrogens is 230 g/mol. The number of hydrogen-bond donors (Lipinski definition) is 1. The Morgan fingerprint density at radius 3 is 3.11 bits per heavy atom. The summed E-state index contributed by atoms with van der Waals surface area (Å²) in [5, 5.41) is 3.49. The molecule has 1 saturated heterocycles. The average molecular weight is 253 g/mol. The molecule has 1 N–H and O–H groups in total. The fourth-order valence-corrected chi connectivity index (χ4v) is 2.37. The van der Waals surface area contributed by atoms with Gasteiger partial charge in [-0.1, -0.05) is 0 Å². The summed E-state index contributed by atoms with van der Waals surface area (Å²) < 4.78 is 12.7. The molecule has 18 heavy (non-hydrogen) atoms. The molecule has 1 fully saturated rings. The van der Waals surface area contributed by atoms with Gasteiger partial charge in [-0.25, -0.2) is 4.98 Å². The first-order valence-corrected chi connectivity index (χ1v) is 6.58. The molecule has 0 aromatic carbocycles. The van der Waals surface area contributed by atoms with Gasteiger partial charge >= 0.3 is 0 Å². The monoisotopic (exact) mass is 253 g/mol. The van der Waals surface area contributed by atoms with Crippen molar-refractivity contribution in [2.75, 3.05) is 32.2 Å². The van der Waals surface area contributed by atoms with E-state index in [0.29, 0.717) is 18.6 Å². The van der Waals surface area contributed by atoms with E-state index in [1.165, 1.54) is 0 Å². The van der Waals surface area contributed by atoms with Gasteiger partial charge in [0.25, 0.3) is 0 Å². The lowest BCUT2D eigenvalue weighted by Crippen LogP contribution is -2.28. The number of anilines is 1. The summed E-state index contributed by atoms with van der Waals surface area (Å²) in [6.45, 7) is 6.73. The molecule has 0 saturated carbocycles. The smallest absolute Gasteiger partial charge is 0.203 e. The molecule has 0 spiro atoms. The summed E-state index contributed by atoms with van der Waals surface area (Å²) in [6.07, 6.45) is 4.94. The van der Waals surface area contributed by atoms with Crippen molar-refractivity contribution in [1.82, 2.24) is 9.55 Å². The Labute approximate surface area is 108 Å². The highest BCUT2D eigenvalue weighted by Crippen LogP contribution is 2.21. The van der Waals surface area contributed by atoms with Gasteiger partial charge in [0, 0.05) is 38.1 Å². The maximum atomic E-state index is 5.43. The zero-order chi connectivity index (χ0) is 13.0. The first-order chi connectivity index (χ1) is 8.72. The summed E-state index contributed by atoms with van der Waals surface area (Å²) >= 11 is 0. The lowest BCUT2D eigenvalue weighted by Gasteiger charge is -2.22. The van der Waals surface area contributed by atoms with Crippen LogP contribution in [0.1, 0.15) is 26.3 Å². The molecule has 1 aromatic rings. The van der Waals surface area contributed by atoms with Crippen molar-refractivity contribution in [2.24, 2.45) is 5.92 Å². The molecule has 2 heterocycles. The van der Waals surface area contributed by atoms with E-state index in [2.05, 4.69) is 28.7 Å². The van der Waals surface area contributed by atoms with E-state index in [1.54, 1.807) is 7.11 Å². The Morgan fingerprint density at radius 2 is 2.44 bits per heavy atom. The molecule has 1 aliphatic heterocycles. The highest BCUT2D eigenvalue weighted by atomic mass is 16.5. The van der Waals surface area contributed by atoms with E-state index < -0.39 is 0 Å². The van der Waals surface area contributed by atoms with Gasteiger partial charge in [-0.15, -0.1) is 0 Å². The lowest BCUT2D eigenvalue weighted by molar-refractivity contribution is 0.162. The number of imidazole rings is 1. The number of hydrogen-bond acceptors (Lipinski definition) is 4. The Balaban J connectivity index is 1.98. The minimum atomic E-state index is 0.284. The Hall–Kier alpha value is -1.07. The fraction of sp³-hybridized carbons (Fsp3) is 0.769. The first-order valence-electron chi connectivity index (χ1n) is 6.58. The van der Waals surface area contributed by atoms with Crippen LogP contribution in [0.15, 0.2) is 12.4 Å². The van der Waals surface area contributed by atoms with Gasteiger partial charge in [0.2, 0.25) is 5.95 Å². The van der Waals surface area contributed by atoms with E-state index >= 15 is 0 Å². The van der Waals surface area contributed by atoms with Crippen LogP contribution in [0, 0.1) is 5.92 Å². The second kappa shape index (κ2) is 6.20. The summed E-state index contributed by atoms with van der Waals surface area (Å²) in [4.78, 5) is 4.39. The molecule has 2 rings (SSSR count). The normalized spacial score (nSPS) is 22.9. The van der Waals surface area contributed by atoms with Crippen molar-refractivity contribution in [1.29, 1.82) is 0 Å². The van der Waals surface area contributed by atoms with Gasteiger partial charge in [-0.2, -0.15) is 0 Å².